The van der Waals surface area contributed by atoms with Gasteiger partial charge in [0, 0.05) is 0 Å². The summed E-state index contributed by atoms with van der Waals surface area (Å²) >= 11 is 0. The molecule has 4 atom stereocenters. The quantitative estimate of drug-likeness (QED) is 0.663. The summed E-state index contributed by atoms with van der Waals surface area (Å²) in [7, 11) is 0. The van der Waals surface area contributed by atoms with E-state index in [0.717, 1.165) is 25.7 Å². The van der Waals surface area contributed by atoms with Gasteiger partial charge in [0.2, 0.25) is 0 Å². The predicted molar refractivity (Wildman–Crippen MR) is 48.8 cm³/mol. The van der Waals surface area contributed by atoms with Gasteiger partial charge in [0.25, 0.3) is 0 Å². The lowest BCUT2D eigenvalue weighted by Gasteiger charge is -2.35. The van der Waals surface area contributed by atoms with E-state index in [-0.39, 0.29) is 5.92 Å². The Kier molecular flexibility index (Phi) is 3.53. The zero-order valence-electron chi connectivity index (χ0n) is 8.03. The third kappa shape index (κ3) is 1.99. The van der Waals surface area contributed by atoms with Crippen LogP contribution in [0.25, 0.3) is 0 Å². The molecule has 0 aromatic rings. The summed E-state index contributed by atoms with van der Waals surface area (Å²) in [4.78, 5) is 0. The van der Waals surface area contributed by atoms with Gasteiger partial charge in [-0.1, -0.05) is 20.3 Å². The third-order valence-electron chi connectivity index (χ3n) is 3.07. The Bertz CT molecular complexity index is 136. The van der Waals surface area contributed by atoms with E-state index in [1.807, 2.05) is 6.92 Å². The first-order valence-electron chi connectivity index (χ1n) is 5.03. The van der Waals surface area contributed by atoms with Crippen LogP contribution in [0, 0.1) is 11.8 Å². The summed E-state index contributed by atoms with van der Waals surface area (Å²) < 4.78 is 0. The topological polar surface area (TPSA) is 40.5 Å². The fourth-order valence-corrected chi connectivity index (χ4v) is 2.12. The first-order valence-corrected chi connectivity index (χ1v) is 5.03. The van der Waals surface area contributed by atoms with Crippen LogP contribution in [0.5, 0.6) is 0 Å². The summed E-state index contributed by atoms with van der Waals surface area (Å²) in [6, 6.07) is 0. The Balaban J connectivity index is 2.46. The molecule has 1 aliphatic carbocycles. The molecule has 0 aliphatic heterocycles. The van der Waals surface area contributed by atoms with Crippen molar-refractivity contribution in [2.45, 2.75) is 51.7 Å². The molecule has 2 N–H and O–H groups in total. The van der Waals surface area contributed by atoms with Gasteiger partial charge < -0.3 is 10.2 Å². The van der Waals surface area contributed by atoms with E-state index in [1.165, 1.54) is 0 Å². The second kappa shape index (κ2) is 4.24. The molecule has 0 aromatic heterocycles. The van der Waals surface area contributed by atoms with E-state index >= 15 is 0 Å². The fourth-order valence-electron chi connectivity index (χ4n) is 2.12. The SMILES string of the molecule is CCCC1CCC(C)C(O)C1O. The second-order valence-electron chi connectivity index (χ2n) is 4.08. The largest absolute Gasteiger partial charge is 0.390 e. The number of rotatable bonds is 2. The maximum Gasteiger partial charge on any atom is 0.0829 e. The molecule has 0 aromatic carbocycles. The molecule has 0 heterocycles. The highest BCUT2D eigenvalue weighted by atomic mass is 16.3. The predicted octanol–water partition coefficient (Wildman–Crippen LogP) is 1.55. The van der Waals surface area contributed by atoms with Crippen LogP contribution in [-0.4, -0.2) is 22.4 Å². The van der Waals surface area contributed by atoms with E-state index in [2.05, 4.69) is 6.92 Å². The standard InChI is InChI=1S/C10H20O2/c1-3-4-8-6-5-7(2)9(11)10(8)12/h7-12H,3-6H2,1-2H3. The number of aliphatic hydroxyl groups excluding tert-OH is 2. The highest BCUT2D eigenvalue weighted by Gasteiger charge is 2.34. The van der Waals surface area contributed by atoms with E-state index in [4.69, 9.17) is 0 Å². The summed E-state index contributed by atoms with van der Waals surface area (Å²) in [6.45, 7) is 4.13. The van der Waals surface area contributed by atoms with Crippen molar-refractivity contribution >= 4 is 0 Å². The minimum Gasteiger partial charge on any atom is -0.390 e. The first kappa shape index (κ1) is 10.0. The molecule has 2 heteroatoms. The second-order valence-corrected chi connectivity index (χ2v) is 4.08. The smallest absolute Gasteiger partial charge is 0.0829 e. The van der Waals surface area contributed by atoms with E-state index < -0.39 is 12.2 Å². The zero-order valence-corrected chi connectivity index (χ0v) is 8.03. The van der Waals surface area contributed by atoms with Crippen LogP contribution in [0.3, 0.4) is 0 Å². The third-order valence-corrected chi connectivity index (χ3v) is 3.07. The van der Waals surface area contributed by atoms with Crippen molar-refractivity contribution in [3.63, 3.8) is 0 Å². The molecule has 0 bridgehead atoms. The molecule has 0 saturated heterocycles. The molecule has 1 aliphatic rings. The minimum absolute atomic E-state index is 0.271. The van der Waals surface area contributed by atoms with Crippen LogP contribution in [0.1, 0.15) is 39.5 Å². The lowest BCUT2D eigenvalue weighted by molar-refractivity contribution is -0.0738. The molecule has 0 amide bonds. The van der Waals surface area contributed by atoms with Gasteiger partial charge >= 0.3 is 0 Å². The van der Waals surface area contributed by atoms with Gasteiger partial charge in [-0.15, -0.1) is 0 Å². The van der Waals surface area contributed by atoms with Crippen molar-refractivity contribution in [3.05, 3.63) is 0 Å². The van der Waals surface area contributed by atoms with Gasteiger partial charge in [0.05, 0.1) is 12.2 Å². The monoisotopic (exact) mass is 172 g/mol. The van der Waals surface area contributed by atoms with Gasteiger partial charge in [0.1, 0.15) is 0 Å². The van der Waals surface area contributed by atoms with Crippen LogP contribution in [0.4, 0.5) is 0 Å². The van der Waals surface area contributed by atoms with Crippen molar-refractivity contribution in [2.24, 2.45) is 11.8 Å². The molecular weight excluding hydrogens is 152 g/mol. The summed E-state index contributed by atoms with van der Waals surface area (Å²) in [5.74, 6) is 0.606. The Morgan fingerprint density at radius 3 is 2.42 bits per heavy atom. The molecule has 12 heavy (non-hydrogen) atoms. The normalized spacial score (nSPS) is 43.0. The molecule has 1 saturated carbocycles. The van der Waals surface area contributed by atoms with Gasteiger partial charge in [-0.3, -0.25) is 0 Å². The maximum atomic E-state index is 9.69. The number of hydrogen-bond donors (Lipinski definition) is 2. The Labute approximate surface area is 74.6 Å². The van der Waals surface area contributed by atoms with Crippen LogP contribution in [0.2, 0.25) is 0 Å². The van der Waals surface area contributed by atoms with E-state index in [1.54, 1.807) is 0 Å². The maximum absolute atomic E-state index is 9.69. The molecule has 1 rings (SSSR count). The zero-order chi connectivity index (χ0) is 9.14. The number of aliphatic hydroxyl groups is 2. The minimum atomic E-state index is -0.490. The van der Waals surface area contributed by atoms with Crippen LogP contribution in [-0.2, 0) is 0 Å². The molecule has 2 nitrogen and oxygen atoms in total. The first-order chi connectivity index (χ1) is 5.66. The summed E-state index contributed by atoms with van der Waals surface area (Å²) in [6.07, 6.45) is 3.31. The van der Waals surface area contributed by atoms with Crippen molar-refractivity contribution in [1.29, 1.82) is 0 Å². The molecule has 4 unspecified atom stereocenters. The Morgan fingerprint density at radius 1 is 1.17 bits per heavy atom. The van der Waals surface area contributed by atoms with Crippen LogP contribution >= 0.6 is 0 Å². The van der Waals surface area contributed by atoms with E-state index in [9.17, 15) is 10.2 Å². The number of hydrogen-bond acceptors (Lipinski definition) is 2. The molecule has 1 fully saturated rings. The van der Waals surface area contributed by atoms with Gasteiger partial charge in [-0.05, 0) is 31.1 Å². The van der Waals surface area contributed by atoms with Crippen molar-refractivity contribution in [3.8, 4) is 0 Å². The van der Waals surface area contributed by atoms with Gasteiger partial charge in [-0.25, -0.2) is 0 Å². The Morgan fingerprint density at radius 2 is 1.83 bits per heavy atom. The van der Waals surface area contributed by atoms with Crippen molar-refractivity contribution < 1.29 is 10.2 Å². The van der Waals surface area contributed by atoms with E-state index in [0.29, 0.717) is 5.92 Å². The lowest BCUT2D eigenvalue weighted by atomic mass is 9.77. The van der Waals surface area contributed by atoms with Gasteiger partial charge in [0.15, 0.2) is 0 Å². The molecule has 0 radical (unpaired) electrons. The van der Waals surface area contributed by atoms with Crippen LogP contribution < -0.4 is 0 Å². The Hall–Kier alpha value is -0.0800. The summed E-state index contributed by atoms with van der Waals surface area (Å²) in [5.41, 5.74) is 0. The highest BCUT2D eigenvalue weighted by molar-refractivity contribution is 4.84. The molecule has 0 spiro atoms. The lowest BCUT2D eigenvalue weighted by Crippen LogP contribution is -2.42. The van der Waals surface area contributed by atoms with Crippen molar-refractivity contribution in [2.75, 3.05) is 0 Å². The van der Waals surface area contributed by atoms with Crippen LogP contribution in [0.15, 0.2) is 0 Å². The highest BCUT2D eigenvalue weighted by Crippen LogP contribution is 2.31. The molecule has 72 valence electrons. The molecular formula is C10H20O2. The van der Waals surface area contributed by atoms with Gasteiger partial charge in [-0.2, -0.15) is 0 Å². The average Bonchev–Trinajstić information content (AvgIpc) is 2.07. The fraction of sp³-hybridized carbons (Fsp3) is 1.00. The average molecular weight is 172 g/mol. The summed E-state index contributed by atoms with van der Waals surface area (Å²) in [5, 5.41) is 19.3. The van der Waals surface area contributed by atoms with Crippen molar-refractivity contribution in [1.82, 2.24) is 0 Å².